The summed E-state index contributed by atoms with van der Waals surface area (Å²) in [5.74, 6) is -0.396. The molecule has 0 radical (unpaired) electrons. The average molecular weight is 492 g/mol. The predicted molar refractivity (Wildman–Crippen MR) is 121 cm³/mol. The molecule has 12 heteroatoms. The average Bonchev–Trinajstić information content (AvgIpc) is 3.42. The summed E-state index contributed by atoms with van der Waals surface area (Å²) in [6.45, 7) is 0.674. The van der Waals surface area contributed by atoms with Crippen molar-refractivity contribution in [1.82, 2.24) is 14.9 Å². The Hall–Kier alpha value is -2.86. The molecule has 4 rings (SSSR count). The van der Waals surface area contributed by atoms with Gasteiger partial charge in [-0.1, -0.05) is 35.1 Å². The third-order valence-corrected chi connectivity index (χ3v) is 7.58. The molecule has 0 aliphatic carbocycles. The van der Waals surface area contributed by atoms with E-state index in [2.05, 4.69) is 20.2 Å². The molecule has 9 nitrogen and oxygen atoms in total. The molecule has 0 saturated carbocycles. The fraction of sp³-hybridized carbons (Fsp3) is 0.200. The second kappa shape index (κ2) is 9.33. The van der Waals surface area contributed by atoms with Crippen LogP contribution in [0, 0.1) is 0 Å². The largest absolute Gasteiger partial charge is 0.312 e. The Balaban J connectivity index is 1.40. The smallest absolute Gasteiger partial charge is 0.270 e. The lowest BCUT2D eigenvalue weighted by Crippen LogP contribution is -2.25. The second-order valence-corrected chi connectivity index (χ2v) is 10.3. The number of carbonyl (C=O) groups is 2. The number of halogens is 1. The summed E-state index contributed by atoms with van der Waals surface area (Å²) in [7, 11) is -3.94. The van der Waals surface area contributed by atoms with Crippen LogP contribution >= 0.6 is 22.9 Å². The molecule has 2 amide bonds. The number of sulfonamides is 1. The van der Waals surface area contributed by atoms with Gasteiger partial charge in [0, 0.05) is 35.8 Å². The van der Waals surface area contributed by atoms with Gasteiger partial charge in [0.25, 0.3) is 15.9 Å². The van der Waals surface area contributed by atoms with E-state index in [1.165, 1.54) is 0 Å². The minimum atomic E-state index is -3.94. The number of hydrogen-bond donors (Lipinski definition) is 2. The van der Waals surface area contributed by atoms with Gasteiger partial charge in [-0.2, -0.15) is 0 Å². The van der Waals surface area contributed by atoms with Crippen molar-refractivity contribution in [1.29, 1.82) is 0 Å². The lowest BCUT2D eigenvalue weighted by molar-refractivity contribution is -0.117. The van der Waals surface area contributed by atoms with Gasteiger partial charge in [-0.05, 0) is 48.4 Å². The number of nitrogens with zero attached hydrogens (tertiary/aromatic N) is 3. The minimum Gasteiger partial charge on any atom is -0.312 e. The van der Waals surface area contributed by atoms with E-state index in [9.17, 15) is 18.0 Å². The molecule has 1 aliphatic rings. The Morgan fingerprint density at radius 3 is 2.66 bits per heavy atom. The van der Waals surface area contributed by atoms with E-state index in [0.29, 0.717) is 29.1 Å². The zero-order chi connectivity index (χ0) is 22.7. The Labute approximate surface area is 193 Å². The molecule has 0 atom stereocenters. The fourth-order valence-electron chi connectivity index (χ4n) is 3.13. The predicted octanol–water partition coefficient (Wildman–Crippen LogP) is 3.05. The van der Waals surface area contributed by atoms with Gasteiger partial charge in [0.05, 0.1) is 0 Å². The van der Waals surface area contributed by atoms with Crippen LogP contribution in [0.4, 0.5) is 10.8 Å². The summed E-state index contributed by atoms with van der Waals surface area (Å²) in [6.07, 6.45) is 1.33. The van der Waals surface area contributed by atoms with Crippen LogP contribution in [0.2, 0.25) is 5.02 Å². The standard InChI is InChI=1S/C20H18ClN5O4S2/c21-15-8-6-14(7-9-15)18(28)23-19-24-25-20(31-19)32(29,30)22-12-13-3-1-4-16(11-13)26-10-2-5-17(26)27/h1,3-4,6-9,11,22H,2,5,10,12H2,(H,23,24,28). The molecule has 166 valence electrons. The molecule has 1 fully saturated rings. The van der Waals surface area contributed by atoms with Gasteiger partial charge in [-0.15, -0.1) is 10.2 Å². The zero-order valence-corrected chi connectivity index (χ0v) is 19.0. The summed E-state index contributed by atoms with van der Waals surface area (Å²) in [6, 6.07) is 13.4. The topological polar surface area (TPSA) is 121 Å². The Morgan fingerprint density at radius 1 is 1.16 bits per heavy atom. The molecule has 1 aliphatic heterocycles. The lowest BCUT2D eigenvalue weighted by Gasteiger charge is -2.16. The Kier molecular flexibility index (Phi) is 6.51. The first-order valence-electron chi connectivity index (χ1n) is 9.61. The summed E-state index contributed by atoms with van der Waals surface area (Å²) in [4.78, 5) is 25.9. The number of rotatable bonds is 7. The number of aromatic nitrogens is 2. The Morgan fingerprint density at radius 2 is 1.94 bits per heavy atom. The van der Waals surface area contributed by atoms with Crippen LogP contribution in [0.15, 0.2) is 52.9 Å². The molecule has 2 N–H and O–H groups in total. The maximum atomic E-state index is 12.6. The molecule has 2 heterocycles. The van der Waals surface area contributed by atoms with E-state index in [1.807, 2.05) is 6.07 Å². The van der Waals surface area contributed by atoms with Crippen molar-refractivity contribution in [2.45, 2.75) is 23.7 Å². The second-order valence-electron chi connectivity index (χ2n) is 6.98. The minimum absolute atomic E-state index is 0.0181. The summed E-state index contributed by atoms with van der Waals surface area (Å²) in [5, 5.41) is 10.5. The van der Waals surface area contributed by atoms with E-state index >= 15 is 0 Å². The van der Waals surface area contributed by atoms with Gasteiger partial charge in [0.15, 0.2) is 0 Å². The van der Waals surface area contributed by atoms with Gasteiger partial charge in [0.2, 0.25) is 15.4 Å². The summed E-state index contributed by atoms with van der Waals surface area (Å²) in [5.41, 5.74) is 1.79. The maximum Gasteiger partial charge on any atom is 0.270 e. The molecular formula is C20H18ClN5O4S2. The number of benzene rings is 2. The van der Waals surface area contributed by atoms with Crippen molar-refractivity contribution in [2.24, 2.45) is 0 Å². The van der Waals surface area contributed by atoms with Crippen LogP contribution in [0.25, 0.3) is 0 Å². The van der Waals surface area contributed by atoms with Gasteiger partial charge < -0.3 is 4.90 Å². The highest BCUT2D eigenvalue weighted by atomic mass is 35.5. The molecule has 1 aromatic heterocycles. The van der Waals surface area contributed by atoms with Crippen LogP contribution in [0.5, 0.6) is 0 Å². The van der Waals surface area contributed by atoms with Gasteiger partial charge in [0.1, 0.15) is 0 Å². The summed E-state index contributed by atoms with van der Waals surface area (Å²) >= 11 is 6.55. The van der Waals surface area contributed by atoms with Crippen molar-refractivity contribution in [3.63, 3.8) is 0 Å². The highest BCUT2D eigenvalue weighted by Crippen LogP contribution is 2.24. The van der Waals surface area contributed by atoms with Crippen molar-refractivity contribution < 1.29 is 18.0 Å². The van der Waals surface area contributed by atoms with E-state index in [-0.39, 0.29) is 21.9 Å². The van der Waals surface area contributed by atoms with E-state index in [1.54, 1.807) is 47.4 Å². The number of amides is 2. The number of nitrogens with one attached hydrogen (secondary N) is 2. The highest BCUT2D eigenvalue weighted by Gasteiger charge is 2.23. The van der Waals surface area contributed by atoms with Crippen molar-refractivity contribution in [3.8, 4) is 0 Å². The quantitative estimate of drug-likeness (QED) is 0.490. The third-order valence-electron chi connectivity index (χ3n) is 4.73. The zero-order valence-electron chi connectivity index (χ0n) is 16.6. The first-order valence-corrected chi connectivity index (χ1v) is 12.3. The molecule has 2 aromatic carbocycles. The number of anilines is 2. The molecule has 0 unspecified atom stereocenters. The van der Waals surface area contributed by atoms with E-state index < -0.39 is 15.9 Å². The normalized spacial score (nSPS) is 14.0. The molecule has 32 heavy (non-hydrogen) atoms. The molecule has 0 bridgehead atoms. The molecular weight excluding hydrogens is 474 g/mol. The Bertz CT molecular complexity index is 1260. The molecule has 0 spiro atoms. The van der Waals surface area contributed by atoms with Crippen molar-refractivity contribution >= 4 is 55.6 Å². The van der Waals surface area contributed by atoms with E-state index in [0.717, 1.165) is 23.4 Å². The first kappa shape index (κ1) is 22.3. The van der Waals surface area contributed by atoms with Crippen LogP contribution in [0.1, 0.15) is 28.8 Å². The van der Waals surface area contributed by atoms with Crippen LogP contribution < -0.4 is 14.9 Å². The molecule has 1 saturated heterocycles. The number of carbonyl (C=O) groups excluding carboxylic acids is 2. The van der Waals surface area contributed by atoms with Crippen molar-refractivity contribution in [2.75, 3.05) is 16.8 Å². The van der Waals surface area contributed by atoms with Crippen LogP contribution in [-0.2, 0) is 21.4 Å². The van der Waals surface area contributed by atoms with Gasteiger partial charge >= 0.3 is 0 Å². The van der Waals surface area contributed by atoms with Crippen LogP contribution in [0.3, 0.4) is 0 Å². The lowest BCUT2D eigenvalue weighted by atomic mass is 10.2. The summed E-state index contributed by atoms with van der Waals surface area (Å²) < 4.78 is 27.4. The fourth-order valence-corrected chi connectivity index (χ4v) is 5.21. The highest BCUT2D eigenvalue weighted by molar-refractivity contribution is 7.91. The van der Waals surface area contributed by atoms with Gasteiger partial charge in [-0.3, -0.25) is 14.9 Å². The molecule has 3 aromatic rings. The SMILES string of the molecule is O=C(Nc1nnc(S(=O)(=O)NCc2cccc(N3CCCC3=O)c2)s1)c1ccc(Cl)cc1. The first-order chi connectivity index (χ1) is 15.3. The van der Waals surface area contributed by atoms with E-state index in [4.69, 9.17) is 11.6 Å². The van der Waals surface area contributed by atoms with Crippen LogP contribution in [-0.4, -0.2) is 37.0 Å². The monoisotopic (exact) mass is 491 g/mol. The van der Waals surface area contributed by atoms with Gasteiger partial charge in [-0.25, -0.2) is 13.1 Å². The maximum absolute atomic E-state index is 12.6. The third kappa shape index (κ3) is 5.13. The van der Waals surface area contributed by atoms with Crippen molar-refractivity contribution in [3.05, 3.63) is 64.7 Å². The number of hydrogen-bond acceptors (Lipinski definition) is 7.